The van der Waals surface area contributed by atoms with Gasteiger partial charge in [-0.3, -0.25) is 19.7 Å². The molecule has 2 N–H and O–H groups in total. The van der Waals surface area contributed by atoms with Gasteiger partial charge in [0.1, 0.15) is 11.3 Å². The number of benzene rings is 3. The molecule has 0 atom stereocenters. The Labute approximate surface area is 221 Å². The number of hydrogen-bond acceptors (Lipinski definition) is 6. The molecule has 188 valence electrons. The van der Waals surface area contributed by atoms with Crippen molar-refractivity contribution in [2.75, 3.05) is 23.9 Å². The van der Waals surface area contributed by atoms with Crippen molar-refractivity contribution in [3.8, 4) is 11.5 Å². The van der Waals surface area contributed by atoms with E-state index in [-0.39, 0.29) is 33.7 Å². The van der Waals surface area contributed by atoms with E-state index < -0.39 is 23.8 Å². The van der Waals surface area contributed by atoms with Gasteiger partial charge in [-0.15, -0.1) is 0 Å². The fourth-order valence-corrected chi connectivity index (χ4v) is 4.06. The monoisotopic (exact) mass is 539 g/mol. The number of urea groups is 1. The second-order valence-electron chi connectivity index (χ2n) is 7.67. The van der Waals surface area contributed by atoms with Gasteiger partial charge in [-0.25, -0.2) is 9.69 Å². The predicted octanol–water partition coefficient (Wildman–Crippen LogP) is 4.69. The van der Waals surface area contributed by atoms with Crippen LogP contribution in [0.4, 0.5) is 16.2 Å². The highest BCUT2D eigenvalue weighted by atomic mass is 35.5. The van der Waals surface area contributed by atoms with E-state index >= 15 is 0 Å². The van der Waals surface area contributed by atoms with Crippen molar-refractivity contribution in [2.45, 2.75) is 0 Å². The van der Waals surface area contributed by atoms with Gasteiger partial charge in [0.15, 0.2) is 12.4 Å². The zero-order valence-electron chi connectivity index (χ0n) is 19.3. The van der Waals surface area contributed by atoms with Crippen LogP contribution >= 0.6 is 23.2 Å². The highest BCUT2D eigenvalue weighted by Crippen LogP contribution is 2.35. The lowest BCUT2D eigenvalue weighted by Crippen LogP contribution is -2.54. The maximum absolute atomic E-state index is 13.1. The molecule has 3 aromatic rings. The molecule has 1 aliphatic rings. The third-order valence-corrected chi connectivity index (χ3v) is 5.73. The molecule has 0 bridgehead atoms. The maximum atomic E-state index is 13.1. The molecular weight excluding hydrogens is 521 g/mol. The molecule has 4 rings (SSSR count). The molecule has 11 heteroatoms. The van der Waals surface area contributed by atoms with Crippen LogP contribution in [0.2, 0.25) is 10.0 Å². The Morgan fingerprint density at radius 2 is 1.65 bits per heavy atom. The number of imide groups is 2. The quantitative estimate of drug-likeness (QED) is 0.332. The van der Waals surface area contributed by atoms with Crippen LogP contribution in [0.5, 0.6) is 11.5 Å². The van der Waals surface area contributed by atoms with Crippen molar-refractivity contribution in [1.82, 2.24) is 5.32 Å². The summed E-state index contributed by atoms with van der Waals surface area (Å²) in [6.07, 6.45) is 1.25. The molecule has 1 fully saturated rings. The summed E-state index contributed by atoms with van der Waals surface area (Å²) in [5.41, 5.74) is 0.847. The van der Waals surface area contributed by atoms with Gasteiger partial charge < -0.3 is 14.8 Å². The zero-order chi connectivity index (χ0) is 26.5. The molecule has 0 radical (unpaired) electrons. The number of para-hydroxylation sites is 1. The number of ether oxygens (including phenoxy) is 2. The first-order valence-electron chi connectivity index (χ1n) is 10.8. The summed E-state index contributed by atoms with van der Waals surface area (Å²) < 4.78 is 10.6. The highest BCUT2D eigenvalue weighted by Gasteiger charge is 2.36. The average molecular weight is 540 g/mol. The number of rotatable bonds is 7. The first kappa shape index (κ1) is 25.7. The van der Waals surface area contributed by atoms with Crippen molar-refractivity contribution in [2.24, 2.45) is 0 Å². The van der Waals surface area contributed by atoms with Gasteiger partial charge in [-0.1, -0.05) is 41.4 Å². The minimum atomic E-state index is -0.883. The molecule has 0 aromatic heterocycles. The Morgan fingerprint density at radius 1 is 1.00 bits per heavy atom. The lowest BCUT2D eigenvalue weighted by Gasteiger charge is -2.26. The van der Waals surface area contributed by atoms with Crippen LogP contribution in [0.25, 0.3) is 6.08 Å². The van der Waals surface area contributed by atoms with E-state index in [9.17, 15) is 19.2 Å². The number of anilines is 2. The summed E-state index contributed by atoms with van der Waals surface area (Å²) in [7, 11) is 1.49. The van der Waals surface area contributed by atoms with E-state index in [4.69, 9.17) is 32.7 Å². The van der Waals surface area contributed by atoms with Gasteiger partial charge in [0.05, 0.1) is 22.8 Å². The van der Waals surface area contributed by atoms with Crippen LogP contribution in [0.3, 0.4) is 0 Å². The topological polar surface area (TPSA) is 114 Å². The number of nitrogens with zero attached hydrogens (tertiary/aromatic N) is 1. The number of methoxy groups -OCH3 is 1. The molecule has 0 spiro atoms. The normalized spacial score (nSPS) is 14.4. The Balaban J connectivity index is 1.53. The molecule has 1 saturated heterocycles. The maximum Gasteiger partial charge on any atom is 0.335 e. The number of hydrogen-bond donors (Lipinski definition) is 2. The van der Waals surface area contributed by atoms with Crippen LogP contribution in [-0.2, 0) is 14.4 Å². The SMILES string of the molecule is COc1ccc(N2C(=O)NC(=O)/C(=C\c3cc(Cl)c(OCC(=O)Nc4ccccc4)c(Cl)c3)C2=O)cc1. The number of amides is 5. The van der Waals surface area contributed by atoms with Crippen molar-refractivity contribution in [3.05, 3.63) is 87.9 Å². The number of halogens is 2. The van der Waals surface area contributed by atoms with E-state index in [0.29, 0.717) is 17.0 Å². The molecular formula is C26H19Cl2N3O6. The van der Waals surface area contributed by atoms with Crippen molar-refractivity contribution >= 4 is 64.4 Å². The fraction of sp³-hybridized carbons (Fsp3) is 0.0769. The minimum absolute atomic E-state index is 0.0543. The summed E-state index contributed by atoms with van der Waals surface area (Å²) in [6, 6.07) is 17.0. The number of carbonyl (C=O) groups is 4. The van der Waals surface area contributed by atoms with Gasteiger partial charge in [0, 0.05) is 5.69 Å². The minimum Gasteiger partial charge on any atom is -0.497 e. The second-order valence-corrected chi connectivity index (χ2v) is 8.49. The van der Waals surface area contributed by atoms with Crippen LogP contribution in [0.15, 0.2) is 72.3 Å². The van der Waals surface area contributed by atoms with E-state index in [1.54, 1.807) is 36.4 Å². The van der Waals surface area contributed by atoms with E-state index in [2.05, 4.69) is 10.6 Å². The van der Waals surface area contributed by atoms with Gasteiger partial charge in [0.25, 0.3) is 17.7 Å². The molecule has 9 nitrogen and oxygen atoms in total. The van der Waals surface area contributed by atoms with Crippen molar-refractivity contribution in [1.29, 1.82) is 0 Å². The lowest BCUT2D eigenvalue weighted by atomic mass is 10.1. The van der Waals surface area contributed by atoms with Crippen molar-refractivity contribution in [3.63, 3.8) is 0 Å². The van der Waals surface area contributed by atoms with E-state index in [0.717, 1.165) is 4.90 Å². The van der Waals surface area contributed by atoms with Crippen LogP contribution in [0.1, 0.15) is 5.56 Å². The number of nitrogens with one attached hydrogen (secondary N) is 2. The van der Waals surface area contributed by atoms with E-state index in [1.807, 2.05) is 6.07 Å². The average Bonchev–Trinajstić information content (AvgIpc) is 2.87. The smallest absolute Gasteiger partial charge is 0.335 e. The molecule has 37 heavy (non-hydrogen) atoms. The summed E-state index contributed by atoms with van der Waals surface area (Å²) in [5.74, 6) is -1.53. The molecule has 0 saturated carbocycles. The number of barbiturate groups is 1. The Hall–Kier alpha value is -4.34. The molecule has 5 amide bonds. The fourth-order valence-electron chi connectivity index (χ4n) is 3.45. The largest absolute Gasteiger partial charge is 0.497 e. The number of carbonyl (C=O) groups excluding carboxylic acids is 4. The van der Waals surface area contributed by atoms with Gasteiger partial charge in [-0.05, 0) is 60.2 Å². The predicted molar refractivity (Wildman–Crippen MR) is 139 cm³/mol. The van der Waals surface area contributed by atoms with Crippen LogP contribution in [-0.4, -0.2) is 37.5 Å². The van der Waals surface area contributed by atoms with Gasteiger partial charge in [-0.2, -0.15) is 0 Å². The standard InChI is InChI=1S/C26H19Cl2N3O6/c1-36-18-9-7-17(8-10-18)31-25(34)19(24(33)30-26(31)35)11-15-12-20(27)23(21(28)13-15)37-14-22(32)29-16-5-3-2-4-6-16/h2-13H,14H2,1H3,(H,29,32)(H,30,33,35)/b19-11+. The summed E-state index contributed by atoms with van der Waals surface area (Å²) in [6.45, 7) is -0.353. The zero-order valence-corrected chi connectivity index (χ0v) is 20.8. The summed E-state index contributed by atoms with van der Waals surface area (Å²) >= 11 is 12.6. The molecule has 1 aliphatic heterocycles. The van der Waals surface area contributed by atoms with E-state index in [1.165, 1.54) is 37.5 Å². The lowest BCUT2D eigenvalue weighted by molar-refractivity contribution is -0.122. The summed E-state index contributed by atoms with van der Waals surface area (Å²) in [5, 5.41) is 4.92. The summed E-state index contributed by atoms with van der Waals surface area (Å²) in [4.78, 5) is 50.9. The first-order chi connectivity index (χ1) is 17.8. The van der Waals surface area contributed by atoms with Gasteiger partial charge >= 0.3 is 6.03 Å². The molecule has 3 aromatic carbocycles. The third-order valence-electron chi connectivity index (χ3n) is 5.17. The Bertz CT molecular complexity index is 1380. The molecule has 0 unspecified atom stereocenters. The molecule has 1 heterocycles. The molecule has 0 aliphatic carbocycles. The van der Waals surface area contributed by atoms with Crippen LogP contribution in [0, 0.1) is 0 Å². The Kier molecular flexibility index (Phi) is 7.76. The Morgan fingerprint density at radius 3 is 2.27 bits per heavy atom. The van der Waals surface area contributed by atoms with Crippen LogP contribution < -0.4 is 25.0 Å². The van der Waals surface area contributed by atoms with Crippen molar-refractivity contribution < 1.29 is 28.7 Å². The highest BCUT2D eigenvalue weighted by molar-refractivity contribution is 6.40. The third kappa shape index (κ3) is 5.91. The second kappa shape index (κ2) is 11.2. The van der Waals surface area contributed by atoms with Gasteiger partial charge in [0.2, 0.25) is 0 Å². The first-order valence-corrected chi connectivity index (χ1v) is 11.5.